The zero-order chi connectivity index (χ0) is 14.8. The highest BCUT2D eigenvalue weighted by atomic mass is 79.9. The Kier molecular flexibility index (Phi) is 7.14. The van der Waals surface area contributed by atoms with Gasteiger partial charge in [0.1, 0.15) is 0 Å². The van der Waals surface area contributed by atoms with Crippen LogP contribution in [0, 0.1) is 12.3 Å². The zero-order valence-electron chi connectivity index (χ0n) is 13.0. The van der Waals surface area contributed by atoms with Gasteiger partial charge in [0.25, 0.3) is 0 Å². The highest BCUT2D eigenvalue weighted by molar-refractivity contribution is 9.10. The van der Waals surface area contributed by atoms with Crippen LogP contribution in [-0.2, 0) is 0 Å². The molecule has 0 unspecified atom stereocenters. The van der Waals surface area contributed by atoms with Gasteiger partial charge < -0.3 is 10.4 Å². The van der Waals surface area contributed by atoms with Gasteiger partial charge >= 0.3 is 0 Å². The van der Waals surface area contributed by atoms with E-state index >= 15 is 0 Å². The van der Waals surface area contributed by atoms with Gasteiger partial charge in [-0.3, -0.25) is 4.90 Å². The van der Waals surface area contributed by atoms with Crippen LogP contribution in [0.1, 0.15) is 31.0 Å². The molecule has 0 saturated carbocycles. The summed E-state index contributed by atoms with van der Waals surface area (Å²) in [6.45, 7) is 10.7. The lowest BCUT2D eigenvalue weighted by atomic mass is 9.79. The number of aliphatic hydroxyl groups excluding tert-OH is 1. The molecule has 0 spiro atoms. The van der Waals surface area contributed by atoms with E-state index in [1.165, 1.54) is 11.1 Å². The van der Waals surface area contributed by atoms with Crippen molar-refractivity contribution in [3.63, 3.8) is 0 Å². The summed E-state index contributed by atoms with van der Waals surface area (Å²) in [4.78, 5) is 2.49. The molecule has 2 rings (SSSR count). The summed E-state index contributed by atoms with van der Waals surface area (Å²) in [5.74, 6) is 0. The molecule has 21 heavy (non-hydrogen) atoms. The van der Waals surface area contributed by atoms with E-state index in [-0.39, 0.29) is 30.5 Å². The number of aryl methyl sites for hydroxylation is 1. The molecule has 120 valence electrons. The Balaban J connectivity index is 0.00000220. The third-order valence-corrected chi connectivity index (χ3v) is 4.80. The quantitative estimate of drug-likeness (QED) is 0.846. The topological polar surface area (TPSA) is 35.5 Å². The molecular weight excluding hydrogens is 352 g/mol. The first-order chi connectivity index (χ1) is 9.45. The number of aliphatic hydroxyl groups is 1. The van der Waals surface area contributed by atoms with Crippen LogP contribution in [0.4, 0.5) is 0 Å². The lowest BCUT2D eigenvalue weighted by Crippen LogP contribution is -2.49. The summed E-state index contributed by atoms with van der Waals surface area (Å²) < 4.78 is 1.14. The van der Waals surface area contributed by atoms with Crippen LogP contribution in [-0.4, -0.2) is 42.8 Å². The maximum atomic E-state index is 9.84. The molecule has 0 amide bonds. The van der Waals surface area contributed by atoms with Gasteiger partial charge in [0.15, 0.2) is 0 Å². The van der Waals surface area contributed by atoms with E-state index in [0.717, 1.165) is 30.7 Å². The average molecular weight is 378 g/mol. The SMILES string of the molecule is Cc1ccc([C@H](N2CCNCC2)C(C)(C)CO)c(Br)c1.Cl. The Morgan fingerprint density at radius 2 is 1.95 bits per heavy atom. The van der Waals surface area contributed by atoms with E-state index in [9.17, 15) is 5.11 Å². The summed E-state index contributed by atoms with van der Waals surface area (Å²) in [7, 11) is 0. The Labute approximate surface area is 142 Å². The maximum absolute atomic E-state index is 9.84. The van der Waals surface area contributed by atoms with E-state index in [1.54, 1.807) is 0 Å². The second-order valence-electron chi connectivity index (χ2n) is 6.36. The number of piperazine rings is 1. The number of benzene rings is 1. The standard InChI is InChI=1S/C16H25BrN2O.ClH/c1-12-4-5-13(14(17)10-12)15(16(2,3)11-20)19-8-6-18-7-9-19;/h4-5,10,15,18,20H,6-9,11H2,1-3H3;1H/t15-;/m0./s1. The van der Waals surface area contributed by atoms with Crippen molar-refractivity contribution in [1.29, 1.82) is 0 Å². The van der Waals surface area contributed by atoms with Crippen LogP contribution in [0.5, 0.6) is 0 Å². The van der Waals surface area contributed by atoms with Gasteiger partial charge in [-0.15, -0.1) is 12.4 Å². The third kappa shape index (κ3) is 4.42. The number of nitrogens with zero attached hydrogens (tertiary/aromatic N) is 1. The van der Waals surface area contributed by atoms with Crippen molar-refractivity contribution < 1.29 is 5.11 Å². The van der Waals surface area contributed by atoms with Crippen molar-refractivity contribution in [2.24, 2.45) is 5.41 Å². The van der Waals surface area contributed by atoms with Crippen molar-refractivity contribution in [3.8, 4) is 0 Å². The first-order valence-electron chi connectivity index (χ1n) is 7.27. The summed E-state index contributed by atoms with van der Waals surface area (Å²) in [6.07, 6.45) is 0. The Morgan fingerprint density at radius 3 is 2.48 bits per heavy atom. The van der Waals surface area contributed by atoms with Gasteiger partial charge in [0.05, 0.1) is 0 Å². The number of halogens is 2. The predicted molar refractivity (Wildman–Crippen MR) is 94.2 cm³/mol. The van der Waals surface area contributed by atoms with Gasteiger partial charge in [-0.1, -0.05) is 41.9 Å². The van der Waals surface area contributed by atoms with Crippen LogP contribution in [0.15, 0.2) is 22.7 Å². The van der Waals surface area contributed by atoms with E-state index < -0.39 is 0 Å². The molecular formula is C16H26BrClN2O. The second kappa shape index (κ2) is 7.93. The van der Waals surface area contributed by atoms with E-state index in [0.29, 0.717) is 0 Å². The molecule has 0 aliphatic carbocycles. The Morgan fingerprint density at radius 1 is 1.33 bits per heavy atom. The summed E-state index contributed by atoms with van der Waals surface area (Å²) in [6, 6.07) is 6.74. The van der Waals surface area contributed by atoms with Crippen LogP contribution in [0.25, 0.3) is 0 Å². The van der Waals surface area contributed by atoms with E-state index in [4.69, 9.17) is 0 Å². The molecule has 1 saturated heterocycles. The minimum atomic E-state index is -0.172. The van der Waals surface area contributed by atoms with Crippen molar-refractivity contribution in [2.75, 3.05) is 32.8 Å². The Hall–Kier alpha value is -0.130. The second-order valence-corrected chi connectivity index (χ2v) is 7.21. The monoisotopic (exact) mass is 376 g/mol. The fourth-order valence-corrected chi connectivity index (χ4v) is 3.70. The first kappa shape index (κ1) is 18.9. The van der Waals surface area contributed by atoms with Gasteiger partial charge in [0, 0.05) is 48.7 Å². The molecule has 2 N–H and O–H groups in total. The van der Waals surface area contributed by atoms with Crippen LogP contribution < -0.4 is 5.32 Å². The Bertz CT molecular complexity index is 462. The fourth-order valence-electron chi connectivity index (χ4n) is 2.99. The molecule has 1 aromatic carbocycles. The van der Waals surface area contributed by atoms with Crippen LogP contribution in [0.3, 0.4) is 0 Å². The van der Waals surface area contributed by atoms with Crippen LogP contribution in [0.2, 0.25) is 0 Å². The molecule has 1 aromatic rings. The molecule has 1 aliphatic rings. The normalized spacial score (nSPS) is 18.1. The molecule has 0 aromatic heterocycles. The molecule has 1 atom stereocenters. The van der Waals surface area contributed by atoms with Crippen molar-refractivity contribution in [2.45, 2.75) is 26.8 Å². The highest BCUT2D eigenvalue weighted by Crippen LogP contribution is 2.41. The summed E-state index contributed by atoms with van der Waals surface area (Å²) in [5, 5.41) is 13.2. The van der Waals surface area contributed by atoms with E-state index in [1.807, 2.05) is 0 Å². The minimum absolute atomic E-state index is 0. The molecule has 1 aliphatic heterocycles. The van der Waals surface area contributed by atoms with Gasteiger partial charge in [-0.05, 0) is 24.1 Å². The number of rotatable bonds is 4. The summed E-state index contributed by atoms with van der Waals surface area (Å²) >= 11 is 3.71. The van der Waals surface area contributed by atoms with Gasteiger partial charge in [-0.25, -0.2) is 0 Å². The van der Waals surface area contributed by atoms with E-state index in [2.05, 4.69) is 65.1 Å². The lowest BCUT2D eigenvalue weighted by molar-refractivity contribution is 0.0301. The molecule has 1 heterocycles. The van der Waals surface area contributed by atoms with Gasteiger partial charge in [0.2, 0.25) is 0 Å². The maximum Gasteiger partial charge on any atom is 0.0500 e. The van der Waals surface area contributed by atoms with Crippen molar-refractivity contribution in [1.82, 2.24) is 10.2 Å². The smallest absolute Gasteiger partial charge is 0.0500 e. The highest BCUT2D eigenvalue weighted by Gasteiger charge is 2.36. The molecule has 1 fully saturated rings. The lowest BCUT2D eigenvalue weighted by Gasteiger charge is -2.44. The minimum Gasteiger partial charge on any atom is -0.396 e. The number of hydrogen-bond acceptors (Lipinski definition) is 3. The number of nitrogens with one attached hydrogen (secondary N) is 1. The molecule has 3 nitrogen and oxygen atoms in total. The third-order valence-electron chi connectivity index (χ3n) is 4.12. The average Bonchev–Trinajstić information content (AvgIpc) is 2.43. The van der Waals surface area contributed by atoms with Crippen molar-refractivity contribution in [3.05, 3.63) is 33.8 Å². The summed E-state index contributed by atoms with van der Waals surface area (Å²) in [5.41, 5.74) is 2.35. The van der Waals surface area contributed by atoms with Crippen molar-refractivity contribution >= 4 is 28.3 Å². The first-order valence-corrected chi connectivity index (χ1v) is 8.06. The van der Waals surface area contributed by atoms with Gasteiger partial charge in [-0.2, -0.15) is 0 Å². The number of hydrogen-bond donors (Lipinski definition) is 2. The molecule has 0 bridgehead atoms. The molecule has 0 radical (unpaired) electrons. The molecule has 5 heteroatoms. The fraction of sp³-hybridized carbons (Fsp3) is 0.625. The van der Waals surface area contributed by atoms with Crippen LogP contribution >= 0.6 is 28.3 Å². The largest absolute Gasteiger partial charge is 0.396 e. The zero-order valence-corrected chi connectivity index (χ0v) is 15.4. The predicted octanol–water partition coefficient (Wildman–Crippen LogP) is 3.14.